The summed E-state index contributed by atoms with van der Waals surface area (Å²) in [5, 5.41) is 8.69. The number of nitrogens with two attached hydrogens (primary N) is 1. The van der Waals surface area contributed by atoms with Gasteiger partial charge in [0.1, 0.15) is 0 Å². The minimum Gasteiger partial charge on any atom is -0.481 e. The third-order valence-corrected chi connectivity index (χ3v) is 2.68. The average Bonchev–Trinajstić information content (AvgIpc) is 2.46. The summed E-state index contributed by atoms with van der Waals surface area (Å²) in [5.74, 6) is -2.68. The SMILES string of the molecule is NC(=O)CN1CCC(C(=O)O)(C(F)(F)F)C1. The Morgan fingerprint density at radius 2 is 2.00 bits per heavy atom. The van der Waals surface area contributed by atoms with Gasteiger partial charge in [0, 0.05) is 13.1 Å². The molecule has 0 aliphatic carbocycles. The Kier molecular flexibility index (Phi) is 3.13. The molecule has 1 aliphatic rings. The molecule has 0 bridgehead atoms. The Hall–Kier alpha value is -1.31. The second-order valence-corrected chi connectivity index (χ2v) is 3.81. The summed E-state index contributed by atoms with van der Waals surface area (Å²) in [4.78, 5) is 22.4. The van der Waals surface area contributed by atoms with E-state index in [0.717, 1.165) is 4.90 Å². The third kappa shape index (κ3) is 2.11. The topological polar surface area (TPSA) is 83.6 Å². The fraction of sp³-hybridized carbons (Fsp3) is 0.750. The fourth-order valence-electron chi connectivity index (χ4n) is 1.77. The van der Waals surface area contributed by atoms with Crippen molar-refractivity contribution in [2.24, 2.45) is 11.1 Å². The Balaban J connectivity index is 2.86. The quantitative estimate of drug-likeness (QED) is 0.716. The van der Waals surface area contributed by atoms with Gasteiger partial charge in [0.2, 0.25) is 5.91 Å². The molecule has 5 nitrogen and oxygen atoms in total. The van der Waals surface area contributed by atoms with Crippen LogP contribution in [0.3, 0.4) is 0 Å². The molecule has 1 atom stereocenters. The second-order valence-electron chi connectivity index (χ2n) is 3.81. The summed E-state index contributed by atoms with van der Waals surface area (Å²) in [7, 11) is 0. The highest BCUT2D eigenvalue weighted by molar-refractivity contribution is 5.78. The van der Waals surface area contributed by atoms with Gasteiger partial charge in [-0.05, 0) is 6.42 Å². The number of alkyl halides is 3. The van der Waals surface area contributed by atoms with Gasteiger partial charge in [-0.25, -0.2) is 0 Å². The molecule has 8 heteroatoms. The molecule has 3 N–H and O–H groups in total. The van der Waals surface area contributed by atoms with Crippen LogP contribution in [0.15, 0.2) is 0 Å². The number of likely N-dealkylation sites (tertiary alicyclic amines) is 1. The van der Waals surface area contributed by atoms with Crippen LogP contribution in [-0.2, 0) is 9.59 Å². The molecule has 16 heavy (non-hydrogen) atoms. The van der Waals surface area contributed by atoms with Gasteiger partial charge in [-0.2, -0.15) is 13.2 Å². The van der Waals surface area contributed by atoms with Crippen LogP contribution in [-0.4, -0.2) is 47.7 Å². The van der Waals surface area contributed by atoms with Crippen molar-refractivity contribution in [2.45, 2.75) is 12.6 Å². The summed E-state index contributed by atoms with van der Waals surface area (Å²) in [6.45, 7) is -1.19. The number of primary amides is 1. The molecule has 0 aromatic heterocycles. The largest absolute Gasteiger partial charge is 0.481 e. The van der Waals surface area contributed by atoms with Crippen LogP contribution in [0, 0.1) is 5.41 Å². The minimum absolute atomic E-state index is 0.102. The van der Waals surface area contributed by atoms with E-state index in [0.29, 0.717) is 0 Å². The van der Waals surface area contributed by atoms with Crippen LogP contribution >= 0.6 is 0 Å². The smallest absolute Gasteiger partial charge is 0.406 e. The lowest BCUT2D eigenvalue weighted by atomic mass is 9.86. The zero-order valence-corrected chi connectivity index (χ0v) is 8.25. The first-order valence-electron chi connectivity index (χ1n) is 4.50. The molecule has 0 saturated carbocycles. The number of nitrogens with zero attached hydrogens (tertiary/aromatic N) is 1. The summed E-state index contributed by atoms with van der Waals surface area (Å²) in [6, 6.07) is 0. The van der Waals surface area contributed by atoms with E-state index in [4.69, 9.17) is 10.8 Å². The number of hydrogen-bond donors (Lipinski definition) is 2. The van der Waals surface area contributed by atoms with Crippen LogP contribution < -0.4 is 5.73 Å². The minimum atomic E-state index is -4.83. The van der Waals surface area contributed by atoms with Gasteiger partial charge in [-0.15, -0.1) is 0 Å². The van der Waals surface area contributed by atoms with Gasteiger partial charge in [-0.1, -0.05) is 0 Å². The molecule has 92 valence electrons. The number of hydrogen-bond acceptors (Lipinski definition) is 3. The Bertz CT molecular complexity index is 318. The zero-order chi connectivity index (χ0) is 12.6. The van der Waals surface area contributed by atoms with E-state index in [1.165, 1.54) is 0 Å². The van der Waals surface area contributed by atoms with Crippen molar-refractivity contribution >= 4 is 11.9 Å². The predicted octanol–water partition coefficient (Wildman–Crippen LogP) is -0.189. The monoisotopic (exact) mass is 240 g/mol. The standard InChI is InChI=1S/C8H11F3N2O3/c9-8(10,11)7(6(15)16)1-2-13(4-7)3-5(12)14/h1-4H2,(H2,12,14)(H,15,16). The van der Waals surface area contributed by atoms with Crippen molar-refractivity contribution in [1.29, 1.82) is 0 Å². The maximum Gasteiger partial charge on any atom is 0.406 e. The number of carbonyl (C=O) groups excluding carboxylic acids is 1. The number of amides is 1. The van der Waals surface area contributed by atoms with E-state index in [1.54, 1.807) is 0 Å². The molecular weight excluding hydrogens is 229 g/mol. The van der Waals surface area contributed by atoms with Crippen LogP contribution in [0.25, 0.3) is 0 Å². The molecule has 1 fully saturated rings. The molecule has 1 amide bonds. The second kappa shape index (κ2) is 3.93. The van der Waals surface area contributed by atoms with E-state index in [9.17, 15) is 22.8 Å². The number of aliphatic carboxylic acids is 1. The van der Waals surface area contributed by atoms with Crippen molar-refractivity contribution in [3.8, 4) is 0 Å². The number of rotatable bonds is 3. The normalized spacial score (nSPS) is 26.9. The molecule has 1 unspecified atom stereocenters. The molecule has 1 rings (SSSR count). The van der Waals surface area contributed by atoms with E-state index < -0.39 is 36.4 Å². The fourth-order valence-corrected chi connectivity index (χ4v) is 1.77. The zero-order valence-electron chi connectivity index (χ0n) is 8.25. The van der Waals surface area contributed by atoms with Gasteiger partial charge >= 0.3 is 12.1 Å². The summed E-state index contributed by atoms with van der Waals surface area (Å²) in [5.41, 5.74) is 2.06. The molecule has 0 aromatic carbocycles. The molecular formula is C8H11F3N2O3. The highest BCUT2D eigenvalue weighted by atomic mass is 19.4. The van der Waals surface area contributed by atoms with E-state index in [2.05, 4.69) is 0 Å². The van der Waals surface area contributed by atoms with Gasteiger partial charge in [0.25, 0.3) is 0 Å². The molecule has 0 aromatic rings. The van der Waals surface area contributed by atoms with Gasteiger partial charge in [0.15, 0.2) is 5.41 Å². The maximum atomic E-state index is 12.7. The Morgan fingerprint density at radius 1 is 1.44 bits per heavy atom. The third-order valence-electron chi connectivity index (χ3n) is 2.68. The highest BCUT2D eigenvalue weighted by Crippen LogP contribution is 2.45. The first kappa shape index (κ1) is 12.8. The van der Waals surface area contributed by atoms with Crippen molar-refractivity contribution in [3.05, 3.63) is 0 Å². The first-order valence-corrected chi connectivity index (χ1v) is 4.50. The molecule has 0 radical (unpaired) electrons. The number of carboxylic acid groups (broad SMARTS) is 1. The molecule has 1 aliphatic heterocycles. The average molecular weight is 240 g/mol. The first-order chi connectivity index (χ1) is 7.19. The highest BCUT2D eigenvalue weighted by Gasteiger charge is 2.63. The lowest BCUT2D eigenvalue weighted by molar-refractivity contribution is -0.227. The Labute approximate surface area is 89.0 Å². The number of carboxylic acids is 1. The van der Waals surface area contributed by atoms with Gasteiger partial charge in [-0.3, -0.25) is 14.5 Å². The molecule has 0 spiro atoms. The van der Waals surface area contributed by atoms with Gasteiger partial charge < -0.3 is 10.8 Å². The van der Waals surface area contributed by atoms with Crippen molar-refractivity contribution in [1.82, 2.24) is 4.90 Å². The summed E-state index contributed by atoms with van der Waals surface area (Å²) < 4.78 is 38.0. The van der Waals surface area contributed by atoms with Crippen molar-refractivity contribution in [3.63, 3.8) is 0 Å². The summed E-state index contributed by atoms with van der Waals surface area (Å²) >= 11 is 0. The predicted molar refractivity (Wildman–Crippen MR) is 46.4 cm³/mol. The van der Waals surface area contributed by atoms with E-state index in [-0.39, 0.29) is 13.1 Å². The maximum absolute atomic E-state index is 12.7. The summed E-state index contributed by atoms with van der Waals surface area (Å²) in [6.07, 6.45) is -5.38. The van der Waals surface area contributed by atoms with Crippen LogP contribution in [0.1, 0.15) is 6.42 Å². The molecule has 1 saturated heterocycles. The number of carbonyl (C=O) groups is 2. The van der Waals surface area contributed by atoms with E-state index in [1.807, 2.05) is 0 Å². The number of halogens is 3. The van der Waals surface area contributed by atoms with Crippen LogP contribution in [0.2, 0.25) is 0 Å². The lowest BCUT2D eigenvalue weighted by Gasteiger charge is -2.27. The Morgan fingerprint density at radius 3 is 2.31 bits per heavy atom. The van der Waals surface area contributed by atoms with Gasteiger partial charge in [0.05, 0.1) is 6.54 Å². The van der Waals surface area contributed by atoms with E-state index >= 15 is 0 Å². The van der Waals surface area contributed by atoms with Crippen LogP contribution in [0.5, 0.6) is 0 Å². The van der Waals surface area contributed by atoms with Crippen LogP contribution in [0.4, 0.5) is 13.2 Å². The molecule has 1 heterocycles. The van der Waals surface area contributed by atoms with Crippen molar-refractivity contribution in [2.75, 3.05) is 19.6 Å². The van der Waals surface area contributed by atoms with Crippen molar-refractivity contribution < 1.29 is 27.9 Å². The lowest BCUT2D eigenvalue weighted by Crippen LogP contribution is -2.47.